The lowest BCUT2D eigenvalue weighted by Crippen LogP contribution is -2.20. The molecule has 0 aromatic heterocycles. The number of nitrogens with zero attached hydrogens (tertiary/aromatic N) is 1. The molecule has 7 heteroatoms. The zero-order chi connectivity index (χ0) is 14.5. The first kappa shape index (κ1) is 14.8. The number of alkyl halides is 3. The molecule has 0 aliphatic rings. The molecule has 1 aromatic rings. The van der Waals surface area contributed by atoms with E-state index in [-0.39, 0.29) is 24.5 Å². The van der Waals surface area contributed by atoms with Gasteiger partial charge in [-0.15, -0.1) is 0 Å². The third-order valence-corrected chi connectivity index (χ3v) is 2.28. The highest BCUT2D eigenvalue weighted by molar-refractivity contribution is 5.75. The van der Waals surface area contributed by atoms with Gasteiger partial charge in [-0.25, -0.2) is 0 Å². The SMILES string of the molecule is CNC(=O)CCOc1ccc(C#N)cc1C(F)(F)F. The minimum absolute atomic E-state index is 0.0478. The van der Waals surface area contributed by atoms with Gasteiger partial charge in [0.15, 0.2) is 0 Å². The first-order valence-electron chi connectivity index (χ1n) is 5.33. The van der Waals surface area contributed by atoms with Crippen LogP contribution in [0.4, 0.5) is 13.2 Å². The Hall–Kier alpha value is -2.23. The van der Waals surface area contributed by atoms with Crippen LogP contribution in [-0.4, -0.2) is 19.6 Å². The molecule has 0 aliphatic carbocycles. The molecular formula is C12H11F3N2O2. The summed E-state index contributed by atoms with van der Waals surface area (Å²) in [7, 11) is 1.42. The summed E-state index contributed by atoms with van der Waals surface area (Å²) in [4.78, 5) is 10.9. The van der Waals surface area contributed by atoms with E-state index in [0.29, 0.717) is 0 Å². The quantitative estimate of drug-likeness (QED) is 0.912. The maximum atomic E-state index is 12.7. The van der Waals surface area contributed by atoms with Crippen LogP contribution in [0.15, 0.2) is 18.2 Å². The number of ether oxygens (including phenoxy) is 1. The van der Waals surface area contributed by atoms with E-state index in [0.717, 1.165) is 12.1 Å². The van der Waals surface area contributed by atoms with Crippen LogP contribution in [0.1, 0.15) is 17.5 Å². The molecule has 0 saturated heterocycles. The van der Waals surface area contributed by atoms with Crippen molar-refractivity contribution in [3.63, 3.8) is 0 Å². The molecule has 1 N–H and O–H groups in total. The van der Waals surface area contributed by atoms with Crippen molar-refractivity contribution in [2.45, 2.75) is 12.6 Å². The number of benzene rings is 1. The standard InChI is InChI=1S/C12H11F3N2O2/c1-17-11(18)4-5-19-10-3-2-8(7-16)6-9(10)12(13,14)15/h2-3,6H,4-5H2,1H3,(H,17,18). The maximum Gasteiger partial charge on any atom is 0.420 e. The Morgan fingerprint density at radius 1 is 1.47 bits per heavy atom. The van der Waals surface area contributed by atoms with Crippen molar-refractivity contribution in [2.24, 2.45) is 0 Å². The summed E-state index contributed by atoms with van der Waals surface area (Å²) in [6.45, 7) is -0.172. The monoisotopic (exact) mass is 272 g/mol. The molecular weight excluding hydrogens is 261 g/mol. The molecule has 0 aliphatic heterocycles. The van der Waals surface area contributed by atoms with Crippen LogP contribution in [0.25, 0.3) is 0 Å². The van der Waals surface area contributed by atoms with Gasteiger partial charge in [0, 0.05) is 7.05 Å². The van der Waals surface area contributed by atoms with Gasteiger partial charge in [0.2, 0.25) is 5.91 Å². The number of carbonyl (C=O) groups excluding carboxylic acids is 1. The zero-order valence-electron chi connectivity index (χ0n) is 10.0. The van der Waals surface area contributed by atoms with E-state index in [9.17, 15) is 18.0 Å². The summed E-state index contributed by atoms with van der Waals surface area (Å²) in [5.41, 5.74) is -1.13. The Balaban J connectivity index is 2.89. The van der Waals surface area contributed by atoms with Crippen LogP contribution in [0, 0.1) is 11.3 Å². The number of rotatable bonds is 4. The zero-order valence-corrected chi connectivity index (χ0v) is 10.0. The fourth-order valence-corrected chi connectivity index (χ4v) is 1.33. The number of nitriles is 1. The second kappa shape index (κ2) is 6.09. The van der Waals surface area contributed by atoms with Gasteiger partial charge in [-0.2, -0.15) is 18.4 Å². The Morgan fingerprint density at radius 2 is 2.16 bits per heavy atom. The summed E-state index contributed by atoms with van der Waals surface area (Å²) in [5, 5.41) is 10.9. The number of halogens is 3. The van der Waals surface area contributed by atoms with Gasteiger partial charge in [0.05, 0.1) is 30.2 Å². The summed E-state index contributed by atoms with van der Waals surface area (Å²) < 4.78 is 43.2. The van der Waals surface area contributed by atoms with E-state index >= 15 is 0 Å². The first-order valence-corrected chi connectivity index (χ1v) is 5.33. The first-order chi connectivity index (χ1) is 8.88. The number of hydrogen-bond donors (Lipinski definition) is 1. The van der Waals surface area contributed by atoms with Crippen LogP contribution in [0.3, 0.4) is 0 Å². The fraction of sp³-hybridized carbons (Fsp3) is 0.333. The molecule has 0 heterocycles. The Bertz CT molecular complexity index is 507. The maximum absolute atomic E-state index is 12.7. The minimum Gasteiger partial charge on any atom is -0.492 e. The largest absolute Gasteiger partial charge is 0.492 e. The van der Waals surface area contributed by atoms with E-state index < -0.39 is 17.5 Å². The molecule has 0 bridgehead atoms. The van der Waals surface area contributed by atoms with E-state index in [1.807, 2.05) is 0 Å². The van der Waals surface area contributed by atoms with Crippen molar-refractivity contribution in [3.8, 4) is 11.8 Å². The molecule has 0 saturated carbocycles. The van der Waals surface area contributed by atoms with E-state index in [1.165, 1.54) is 13.1 Å². The van der Waals surface area contributed by atoms with Crippen LogP contribution in [0.2, 0.25) is 0 Å². The smallest absolute Gasteiger partial charge is 0.420 e. The average molecular weight is 272 g/mol. The van der Waals surface area contributed by atoms with E-state index in [1.54, 1.807) is 6.07 Å². The van der Waals surface area contributed by atoms with E-state index in [4.69, 9.17) is 10.00 Å². The highest BCUT2D eigenvalue weighted by Crippen LogP contribution is 2.36. The van der Waals surface area contributed by atoms with Gasteiger partial charge in [0.1, 0.15) is 5.75 Å². The molecule has 1 rings (SSSR count). The number of amides is 1. The molecule has 19 heavy (non-hydrogen) atoms. The molecule has 0 radical (unpaired) electrons. The summed E-state index contributed by atoms with van der Waals surface area (Å²) in [6, 6.07) is 4.65. The fourth-order valence-electron chi connectivity index (χ4n) is 1.33. The summed E-state index contributed by atoms with van der Waals surface area (Å²) in [6.07, 6.45) is -4.66. The molecule has 102 valence electrons. The highest BCUT2D eigenvalue weighted by atomic mass is 19.4. The second-order valence-electron chi connectivity index (χ2n) is 3.59. The van der Waals surface area contributed by atoms with Crippen molar-refractivity contribution in [1.82, 2.24) is 5.32 Å². The van der Waals surface area contributed by atoms with Crippen molar-refractivity contribution in [1.29, 1.82) is 5.26 Å². The predicted octanol–water partition coefficient (Wildman–Crippen LogP) is 2.09. The number of carbonyl (C=O) groups is 1. The minimum atomic E-state index is -4.62. The molecule has 1 aromatic carbocycles. The Kier molecular flexibility index (Phi) is 4.75. The number of nitrogens with one attached hydrogen (secondary N) is 1. The third kappa shape index (κ3) is 4.17. The molecule has 1 amide bonds. The molecule has 0 unspecified atom stereocenters. The van der Waals surface area contributed by atoms with Gasteiger partial charge in [0.25, 0.3) is 0 Å². The van der Waals surface area contributed by atoms with Crippen LogP contribution in [0.5, 0.6) is 5.75 Å². The average Bonchev–Trinajstić information content (AvgIpc) is 2.37. The van der Waals surface area contributed by atoms with Crippen LogP contribution in [-0.2, 0) is 11.0 Å². The van der Waals surface area contributed by atoms with Gasteiger partial charge in [-0.1, -0.05) is 0 Å². The third-order valence-electron chi connectivity index (χ3n) is 2.28. The normalized spacial score (nSPS) is 10.7. The van der Waals surface area contributed by atoms with Gasteiger partial charge >= 0.3 is 6.18 Å². The number of hydrogen-bond acceptors (Lipinski definition) is 3. The lowest BCUT2D eigenvalue weighted by Gasteiger charge is -2.13. The van der Waals surface area contributed by atoms with Crippen molar-refractivity contribution in [2.75, 3.05) is 13.7 Å². The van der Waals surface area contributed by atoms with Crippen molar-refractivity contribution >= 4 is 5.91 Å². The Morgan fingerprint density at radius 3 is 2.68 bits per heavy atom. The lowest BCUT2D eigenvalue weighted by atomic mass is 10.1. The Labute approximate surface area is 107 Å². The molecule has 0 fully saturated rings. The van der Waals surface area contributed by atoms with Crippen LogP contribution >= 0.6 is 0 Å². The highest BCUT2D eigenvalue weighted by Gasteiger charge is 2.34. The topological polar surface area (TPSA) is 62.1 Å². The molecule has 4 nitrogen and oxygen atoms in total. The molecule has 0 atom stereocenters. The van der Waals surface area contributed by atoms with Crippen molar-refractivity contribution < 1.29 is 22.7 Å². The summed E-state index contributed by atoms with van der Waals surface area (Å²) in [5.74, 6) is -0.724. The van der Waals surface area contributed by atoms with Gasteiger partial charge in [-0.05, 0) is 18.2 Å². The van der Waals surface area contributed by atoms with Gasteiger partial charge < -0.3 is 10.1 Å². The molecule has 0 spiro atoms. The van der Waals surface area contributed by atoms with Crippen molar-refractivity contribution in [3.05, 3.63) is 29.3 Å². The second-order valence-corrected chi connectivity index (χ2v) is 3.59. The van der Waals surface area contributed by atoms with Crippen LogP contribution < -0.4 is 10.1 Å². The van der Waals surface area contributed by atoms with Gasteiger partial charge in [-0.3, -0.25) is 4.79 Å². The predicted molar refractivity (Wildman–Crippen MR) is 60.3 cm³/mol. The van der Waals surface area contributed by atoms with E-state index in [2.05, 4.69) is 5.32 Å². The lowest BCUT2D eigenvalue weighted by molar-refractivity contribution is -0.139. The summed E-state index contributed by atoms with van der Waals surface area (Å²) >= 11 is 0.